The van der Waals surface area contributed by atoms with Gasteiger partial charge < -0.3 is 24.0 Å². The quantitative estimate of drug-likeness (QED) is 0.164. The molecule has 0 aromatic heterocycles. The Balaban J connectivity index is 1.99. The number of hydrogen-bond acceptors (Lipinski definition) is 5. The van der Waals surface area contributed by atoms with Crippen molar-refractivity contribution in [1.82, 2.24) is 5.32 Å². The van der Waals surface area contributed by atoms with Crippen LogP contribution in [0.3, 0.4) is 0 Å². The first-order valence-electron chi connectivity index (χ1n) is 13.0. The van der Waals surface area contributed by atoms with Crippen LogP contribution in [0.5, 0.6) is 0 Å². The number of nitrogens with one attached hydrogen (secondary N) is 1. The first-order chi connectivity index (χ1) is 17.9. The molecule has 6 heteroatoms. The monoisotopic (exact) mass is 521 g/mol. The Kier molecular flexibility index (Phi) is 11.5. The van der Waals surface area contributed by atoms with Crippen molar-refractivity contribution in [3.63, 3.8) is 0 Å². The molecule has 0 amide bonds. The number of rotatable bonds is 15. The van der Waals surface area contributed by atoms with Gasteiger partial charge in [-0.1, -0.05) is 112 Å². The molecule has 3 aromatic carbocycles. The average Bonchev–Trinajstić information content (AvgIpc) is 2.92. The summed E-state index contributed by atoms with van der Waals surface area (Å²) in [4.78, 5) is 0. The van der Waals surface area contributed by atoms with Crippen molar-refractivity contribution in [1.29, 1.82) is 0 Å². The maximum absolute atomic E-state index is 7.18. The summed E-state index contributed by atoms with van der Waals surface area (Å²) in [6, 6.07) is 31.4. The Morgan fingerprint density at radius 1 is 0.757 bits per heavy atom. The van der Waals surface area contributed by atoms with Crippen LogP contribution in [0.2, 0.25) is 5.04 Å². The van der Waals surface area contributed by atoms with Crippen molar-refractivity contribution in [2.24, 2.45) is 0 Å². The molecule has 0 fully saturated rings. The summed E-state index contributed by atoms with van der Waals surface area (Å²) in [6.07, 6.45) is 0.381. The van der Waals surface area contributed by atoms with Crippen molar-refractivity contribution < 1.29 is 18.6 Å². The lowest BCUT2D eigenvalue weighted by Gasteiger charge is -2.44. The standard InChI is InChI=1S/C31H43NO4Si/c1-30(2,3)37-36-31(26-17-11-7-12-18-26,27-19-13-8-14-20-27)28(32-23-29(33-4)34-5)21-22-35-24-25-15-9-6-10-16-25/h6-20,28-29,32H,21-24,37H2,1-5H3/t28-/m0/s1. The van der Waals surface area contributed by atoms with E-state index in [0.29, 0.717) is 19.8 Å². The van der Waals surface area contributed by atoms with Gasteiger partial charge in [0.25, 0.3) is 0 Å². The van der Waals surface area contributed by atoms with E-state index in [1.54, 1.807) is 14.2 Å². The first kappa shape index (κ1) is 29.2. The fourth-order valence-electron chi connectivity index (χ4n) is 4.45. The van der Waals surface area contributed by atoms with E-state index in [2.05, 4.69) is 98.9 Å². The van der Waals surface area contributed by atoms with E-state index >= 15 is 0 Å². The van der Waals surface area contributed by atoms with Gasteiger partial charge in [-0.2, -0.15) is 0 Å². The molecule has 200 valence electrons. The molecule has 0 spiro atoms. The van der Waals surface area contributed by atoms with Gasteiger partial charge >= 0.3 is 0 Å². The minimum Gasteiger partial charge on any atom is -0.409 e. The lowest BCUT2D eigenvalue weighted by Crippen LogP contribution is -2.54. The molecular weight excluding hydrogens is 478 g/mol. The molecule has 5 nitrogen and oxygen atoms in total. The minimum atomic E-state index is -0.945. The molecule has 1 N–H and O–H groups in total. The van der Waals surface area contributed by atoms with Crippen LogP contribution < -0.4 is 5.32 Å². The normalized spacial score (nSPS) is 13.5. The zero-order valence-corrected chi connectivity index (χ0v) is 24.4. The summed E-state index contributed by atoms with van der Waals surface area (Å²) >= 11 is 0. The lowest BCUT2D eigenvalue weighted by molar-refractivity contribution is -0.103. The van der Waals surface area contributed by atoms with Gasteiger partial charge in [-0.05, 0) is 28.1 Å². The van der Waals surface area contributed by atoms with Crippen molar-refractivity contribution in [3.05, 3.63) is 108 Å². The van der Waals surface area contributed by atoms with E-state index in [-0.39, 0.29) is 17.4 Å². The van der Waals surface area contributed by atoms with E-state index in [9.17, 15) is 0 Å². The van der Waals surface area contributed by atoms with E-state index in [1.807, 2.05) is 18.2 Å². The van der Waals surface area contributed by atoms with Crippen molar-refractivity contribution in [2.75, 3.05) is 27.4 Å². The number of hydrogen-bond donors (Lipinski definition) is 1. The van der Waals surface area contributed by atoms with Crippen molar-refractivity contribution >= 4 is 9.76 Å². The number of methoxy groups -OCH3 is 2. The van der Waals surface area contributed by atoms with Gasteiger partial charge in [0.15, 0.2) is 16.1 Å². The SMILES string of the molecule is COC(CN[C@@H](CCOCc1ccccc1)C(O[SiH2]C(C)(C)C)(c1ccccc1)c1ccccc1)OC. The Hall–Kier alpha value is -2.32. The molecular formula is C31H43NO4Si. The Labute approximate surface area is 225 Å². The summed E-state index contributed by atoms with van der Waals surface area (Å²) in [5.74, 6) is 0. The summed E-state index contributed by atoms with van der Waals surface area (Å²) in [6.45, 7) is 8.47. The zero-order chi connectivity index (χ0) is 26.6. The molecule has 0 heterocycles. The molecule has 0 saturated heterocycles. The molecule has 0 bridgehead atoms. The van der Waals surface area contributed by atoms with Gasteiger partial charge in [0.05, 0.1) is 6.61 Å². The van der Waals surface area contributed by atoms with Crippen molar-refractivity contribution in [2.45, 2.75) is 56.8 Å². The van der Waals surface area contributed by atoms with Gasteiger partial charge in [0, 0.05) is 33.4 Å². The Bertz CT molecular complexity index is 968. The second-order valence-corrected chi connectivity index (χ2v) is 13.2. The van der Waals surface area contributed by atoms with Crippen LogP contribution in [0.4, 0.5) is 0 Å². The zero-order valence-electron chi connectivity index (χ0n) is 23.0. The van der Waals surface area contributed by atoms with Gasteiger partial charge in [-0.15, -0.1) is 0 Å². The fourth-order valence-corrected chi connectivity index (χ4v) is 5.65. The molecule has 0 aliphatic rings. The summed E-state index contributed by atoms with van der Waals surface area (Å²) < 4.78 is 24.4. The largest absolute Gasteiger partial charge is 0.409 e. The highest BCUT2D eigenvalue weighted by atomic mass is 28.2. The van der Waals surface area contributed by atoms with E-state index in [4.69, 9.17) is 18.6 Å². The summed E-state index contributed by atoms with van der Waals surface area (Å²) in [7, 11) is 2.39. The second-order valence-electron chi connectivity index (χ2n) is 10.5. The molecule has 0 saturated carbocycles. The van der Waals surface area contributed by atoms with Crippen LogP contribution in [-0.4, -0.2) is 49.5 Å². The van der Waals surface area contributed by atoms with Crippen LogP contribution in [0.25, 0.3) is 0 Å². The van der Waals surface area contributed by atoms with Crippen LogP contribution >= 0.6 is 0 Å². The summed E-state index contributed by atoms with van der Waals surface area (Å²) in [5, 5.41) is 3.88. The van der Waals surface area contributed by atoms with Gasteiger partial charge in [0.2, 0.25) is 0 Å². The molecule has 3 aromatic rings. The molecule has 0 radical (unpaired) electrons. The molecule has 37 heavy (non-hydrogen) atoms. The molecule has 0 aliphatic heterocycles. The molecule has 3 rings (SSSR count). The van der Waals surface area contributed by atoms with Crippen molar-refractivity contribution in [3.8, 4) is 0 Å². The third-order valence-electron chi connectivity index (χ3n) is 6.35. The first-order valence-corrected chi connectivity index (χ1v) is 14.3. The summed E-state index contributed by atoms with van der Waals surface area (Å²) in [5.41, 5.74) is 2.74. The Morgan fingerprint density at radius 3 is 1.76 bits per heavy atom. The lowest BCUT2D eigenvalue weighted by atomic mass is 9.79. The maximum atomic E-state index is 7.18. The number of benzene rings is 3. The highest BCUT2D eigenvalue weighted by molar-refractivity contribution is 6.32. The molecule has 0 unspecified atom stereocenters. The highest BCUT2D eigenvalue weighted by Crippen LogP contribution is 2.40. The molecule has 1 atom stereocenters. The van der Waals surface area contributed by atoms with Gasteiger partial charge in [0.1, 0.15) is 5.60 Å². The predicted octanol–water partition coefficient (Wildman–Crippen LogP) is 5.43. The van der Waals surface area contributed by atoms with Crippen LogP contribution in [0.1, 0.15) is 43.9 Å². The highest BCUT2D eigenvalue weighted by Gasteiger charge is 2.43. The molecule has 0 aliphatic carbocycles. The van der Waals surface area contributed by atoms with Crippen LogP contribution in [-0.2, 0) is 30.8 Å². The van der Waals surface area contributed by atoms with E-state index in [1.165, 1.54) is 5.56 Å². The smallest absolute Gasteiger partial charge is 0.169 e. The average molecular weight is 522 g/mol. The maximum Gasteiger partial charge on any atom is 0.169 e. The van der Waals surface area contributed by atoms with Gasteiger partial charge in [-0.3, -0.25) is 0 Å². The fraction of sp³-hybridized carbons (Fsp3) is 0.419. The van der Waals surface area contributed by atoms with E-state index in [0.717, 1.165) is 17.5 Å². The predicted molar refractivity (Wildman–Crippen MR) is 153 cm³/mol. The van der Waals surface area contributed by atoms with Crippen LogP contribution in [0.15, 0.2) is 91.0 Å². The van der Waals surface area contributed by atoms with E-state index < -0.39 is 15.4 Å². The second kappa shape index (κ2) is 14.6. The minimum absolute atomic E-state index is 0.0873. The third kappa shape index (κ3) is 8.60. The van der Waals surface area contributed by atoms with Gasteiger partial charge in [-0.25, -0.2) is 0 Å². The number of ether oxygens (including phenoxy) is 3. The van der Waals surface area contributed by atoms with Crippen LogP contribution in [0, 0.1) is 0 Å². The third-order valence-corrected chi connectivity index (χ3v) is 7.81. The Morgan fingerprint density at radius 2 is 1.27 bits per heavy atom. The topological polar surface area (TPSA) is 49.0 Å².